The van der Waals surface area contributed by atoms with Gasteiger partial charge >= 0.3 is 6.09 Å². The van der Waals surface area contributed by atoms with E-state index in [0.717, 1.165) is 12.2 Å². The number of nitrogens with zero attached hydrogens (tertiary/aromatic N) is 1. The topological polar surface area (TPSA) is 85.6 Å². The Morgan fingerprint density at radius 3 is 2.86 bits per heavy atom. The van der Waals surface area contributed by atoms with Gasteiger partial charge in [0.25, 0.3) is 0 Å². The minimum absolute atomic E-state index is 0.00604. The predicted molar refractivity (Wildman–Crippen MR) is 80.5 cm³/mol. The standard InChI is InChI=1S/C15H25N3O4/c1-10-7-17-13(21-10)8-16-12-9-20-6-5-11(12)18-14(19)22-15(2,3)4/h7,11-12,16H,5-6,8-9H2,1-4H3,(H,18,19)/t11-,12+/m0/s1. The Balaban J connectivity index is 1.86. The van der Waals surface area contributed by atoms with Crippen molar-refractivity contribution in [2.75, 3.05) is 13.2 Å². The first kappa shape index (κ1) is 16.8. The molecule has 1 amide bonds. The predicted octanol–water partition coefficient (Wildman–Crippen LogP) is 1.75. The van der Waals surface area contributed by atoms with Crippen molar-refractivity contribution in [3.05, 3.63) is 17.8 Å². The molecule has 0 aliphatic carbocycles. The molecule has 0 bridgehead atoms. The molecule has 2 N–H and O–H groups in total. The number of alkyl carbamates (subject to hydrolysis) is 1. The minimum atomic E-state index is -0.506. The van der Waals surface area contributed by atoms with Crippen LogP contribution in [0, 0.1) is 6.92 Å². The molecule has 2 atom stereocenters. The third kappa shape index (κ3) is 5.31. The third-order valence-electron chi connectivity index (χ3n) is 3.24. The van der Waals surface area contributed by atoms with Crippen molar-refractivity contribution in [3.63, 3.8) is 0 Å². The summed E-state index contributed by atoms with van der Waals surface area (Å²) in [7, 11) is 0. The zero-order chi connectivity index (χ0) is 16.2. The van der Waals surface area contributed by atoms with Gasteiger partial charge in [0.2, 0.25) is 5.89 Å². The molecule has 0 unspecified atom stereocenters. The molecule has 1 aliphatic heterocycles. The zero-order valence-corrected chi connectivity index (χ0v) is 13.6. The molecule has 2 rings (SSSR count). The maximum Gasteiger partial charge on any atom is 0.407 e. The fourth-order valence-corrected chi connectivity index (χ4v) is 2.27. The Labute approximate surface area is 130 Å². The molecule has 0 saturated carbocycles. The van der Waals surface area contributed by atoms with Crippen LogP contribution in [0.5, 0.6) is 0 Å². The summed E-state index contributed by atoms with van der Waals surface area (Å²) >= 11 is 0. The molecule has 7 nitrogen and oxygen atoms in total. The molecule has 0 spiro atoms. The van der Waals surface area contributed by atoms with E-state index in [9.17, 15) is 4.79 Å². The lowest BCUT2D eigenvalue weighted by atomic mass is 10.0. The van der Waals surface area contributed by atoms with Crippen LogP contribution in [-0.4, -0.2) is 42.0 Å². The average Bonchev–Trinajstić information content (AvgIpc) is 2.81. The first-order valence-corrected chi connectivity index (χ1v) is 7.55. The third-order valence-corrected chi connectivity index (χ3v) is 3.24. The lowest BCUT2D eigenvalue weighted by Gasteiger charge is -2.33. The van der Waals surface area contributed by atoms with Gasteiger partial charge in [-0.25, -0.2) is 9.78 Å². The highest BCUT2D eigenvalue weighted by Crippen LogP contribution is 2.12. The summed E-state index contributed by atoms with van der Waals surface area (Å²) in [6.07, 6.45) is 2.02. The van der Waals surface area contributed by atoms with E-state index in [2.05, 4.69) is 15.6 Å². The van der Waals surface area contributed by atoms with Gasteiger partial charge in [0, 0.05) is 6.61 Å². The number of oxazole rings is 1. The summed E-state index contributed by atoms with van der Waals surface area (Å²) in [4.78, 5) is 16.1. The first-order chi connectivity index (χ1) is 10.3. The van der Waals surface area contributed by atoms with Crippen LogP contribution in [0.4, 0.5) is 4.79 Å². The van der Waals surface area contributed by atoms with E-state index in [1.807, 2.05) is 27.7 Å². The van der Waals surface area contributed by atoms with Gasteiger partial charge in [-0.1, -0.05) is 0 Å². The number of hydrogen-bond donors (Lipinski definition) is 2. The largest absolute Gasteiger partial charge is 0.445 e. The van der Waals surface area contributed by atoms with Gasteiger partial charge in [-0.3, -0.25) is 0 Å². The molecule has 7 heteroatoms. The van der Waals surface area contributed by atoms with Crippen molar-refractivity contribution in [3.8, 4) is 0 Å². The van der Waals surface area contributed by atoms with Crippen molar-refractivity contribution in [2.45, 2.75) is 58.3 Å². The Hall–Kier alpha value is -1.60. The Morgan fingerprint density at radius 2 is 2.23 bits per heavy atom. The lowest BCUT2D eigenvalue weighted by Crippen LogP contribution is -2.55. The molecule has 1 saturated heterocycles. The molecule has 1 fully saturated rings. The van der Waals surface area contributed by atoms with E-state index < -0.39 is 11.7 Å². The Kier molecular flexibility index (Phi) is 5.42. The summed E-state index contributed by atoms with van der Waals surface area (Å²) in [6.45, 7) is 9.03. The van der Waals surface area contributed by atoms with Gasteiger partial charge in [-0.2, -0.15) is 0 Å². The highest BCUT2D eigenvalue weighted by atomic mass is 16.6. The average molecular weight is 311 g/mol. The van der Waals surface area contributed by atoms with Gasteiger partial charge in [-0.05, 0) is 34.1 Å². The second-order valence-electron chi connectivity index (χ2n) is 6.47. The number of rotatable bonds is 4. The molecular formula is C15H25N3O4. The van der Waals surface area contributed by atoms with E-state index in [1.165, 1.54) is 0 Å². The normalized spacial score (nSPS) is 22.4. The van der Waals surface area contributed by atoms with Gasteiger partial charge < -0.3 is 24.5 Å². The van der Waals surface area contributed by atoms with Crippen molar-refractivity contribution in [2.24, 2.45) is 0 Å². The van der Waals surface area contributed by atoms with Crippen molar-refractivity contribution < 1.29 is 18.7 Å². The summed E-state index contributed by atoms with van der Waals surface area (Å²) in [6, 6.07) is -0.0480. The number of amides is 1. The molecule has 1 aromatic heterocycles. The highest BCUT2D eigenvalue weighted by molar-refractivity contribution is 5.68. The summed E-state index contributed by atoms with van der Waals surface area (Å²) in [5.74, 6) is 1.40. The smallest absolute Gasteiger partial charge is 0.407 e. The second-order valence-corrected chi connectivity index (χ2v) is 6.47. The fraction of sp³-hybridized carbons (Fsp3) is 0.733. The molecule has 22 heavy (non-hydrogen) atoms. The highest BCUT2D eigenvalue weighted by Gasteiger charge is 2.28. The number of hydrogen-bond acceptors (Lipinski definition) is 6. The molecule has 124 valence electrons. The van der Waals surface area contributed by atoms with Crippen LogP contribution in [0.3, 0.4) is 0 Å². The van der Waals surface area contributed by atoms with Crippen LogP contribution in [0.1, 0.15) is 38.8 Å². The molecular weight excluding hydrogens is 286 g/mol. The van der Waals surface area contributed by atoms with Crippen LogP contribution in [0.2, 0.25) is 0 Å². The first-order valence-electron chi connectivity index (χ1n) is 7.55. The summed E-state index contributed by atoms with van der Waals surface area (Å²) in [5.41, 5.74) is -0.506. The second kappa shape index (κ2) is 7.11. The van der Waals surface area contributed by atoms with E-state index in [0.29, 0.717) is 25.6 Å². The molecule has 1 aliphatic rings. The van der Waals surface area contributed by atoms with Crippen molar-refractivity contribution in [1.29, 1.82) is 0 Å². The molecule has 0 aromatic carbocycles. The Bertz CT molecular complexity index is 495. The number of ether oxygens (including phenoxy) is 2. The SMILES string of the molecule is Cc1cnc(CN[C@@H]2COCC[C@@H]2NC(=O)OC(C)(C)C)o1. The molecule has 0 radical (unpaired) electrons. The summed E-state index contributed by atoms with van der Waals surface area (Å²) < 4.78 is 16.2. The number of carbonyl (C=O) groups excluding carboxylic acids is 1. The van der Waals surface area contributed by atoms with Crippen LogP contribution in [-0.2, 0) is 16.0 Å². The monoisotopic (exact) mass is 311 g/mol. The fourth-order valence-electron chi connectivity index (χ4n) is 2.27. The van der Waals surface area contributed by atoms with E-state index in [1.54, 1.807) is 6.20 Å². The summed E-state index contributed by atoms with van der Waals surface area (Å²) in [5, 5.41) is 6.23. The zero-order valence-electron chi connectivity index (χ0n) is 13.6. The number of nitrogens with one attached hydrogen (secondary N) is 2. The van der Waals surface area contributed by atoms with Gasteiger partial charge in [0.05, 0.1) is 31.4 Å². The molecule has 2 heterocycles. The van der Waals surface area contributed by atoms with Crippen molar-refractivity contribution in [1.82, 2.24) is 15.6 Å². The number of aromatic nitrogens is 1. The maximum absolute atomic E-state index is 11.9. The van der Waals surface area contributed by atoms with Gasteiger partial charge in [0.15, 0.2) is 0 Å². The quantitative estimate of drug-likeness (QED) is 0.881. The van der Waals surface area contributed by atoms with E-state index >= 15 is 0 Å². The number of carbonyl (C=O) groups is 1. The number of aryl methyl sites for hydroxylation is 1. The van der Waals surface area contributed by atoms with Crippen molar-refractivity contribution >= 4 is 6.09 Å². The lowest BCUT2D eigenvalue weighted by molar-refractivity contribution is 0.0279. The van der Waals surface area contributed by atoms with E-state index in [-0.39, 0.29) is 12.1 Å². The molecule has 1 aromatic rings. The minimum Gasteiger partial charge on any atom is -0.445 e. The van der Waals surface area contributed by atoms with Crippen LogP contribution < -0.4 is 10.6 Å². The van der Waals surface area contributed by atoms with Crippen LogP contribution >= 0.6 is 0 Å². The van der Waals surface area contributed by atoms with Crippen LogP contribution in [0.25, 0.3) is 0 Å². The Morgan fingerprint density at radius 1 is 1.45 bits per heavy atom. The maximum atomic E-state index is 11.9. The van der Waals surface area contributed by atoms with E-state index in [4.69, 9.17) is 13.9 Å². The van der Waals surface area contributed by atoms with Gasteiger partial charge in [0.1, 0.15) is 11.4 Å². The van der Waals surface area contributed by atoms with Crippen LogP contribution in [0.15, 0.2) is 10.6 Å². The van der Waals surface area contributed by atoms with Gasteiger partial charge in [-0.15, -0.1) is 0 Å².